The molecule has 0 bridgehead atoms. The van der Waals surface area contributed by atoms with Gasteiger partial charge in [-0.2, -0.15) is 13.2 Å². The second-order valence-electron chi connectivity index (χ2n) is 4.16. The third-order valence-electron chi connectivity index (χ3n) is 2.78. The zero-order valence-corrected chi connectivity index (χ0v) is 11.0. The summed E-state index contributed by atoms with van der Waals surface area (Å²) in [6, 6.07) is 3.22. The number of rotatable bonds is 4. The highest BCUT2D eigenvalue weighted by molar-refractivity contribution is 5.79. The first-order valence-electron chi connectivity index (χ1n) is 5.81. The number of hydrogen-bond donors (Lipinski definition) is 1. The van der Waals surface area contributed by atoms with E-state index in [4.69, 9.17) is 0 Å². The van der Waals surface area contributed by atoms with Crippen molar-refractivity contribution >= 4 is 11.7 Å². The lowest BCUT2D eigenvalue weighted by Crippen LogP contribution is -2.30. The normalized spacial score (nSPS) is 12.9. The van der Waals surface area contributed by atoms with Crippen molar-refractivity contribution in [1.29, 1.82) is 0 Å². The minimum absolute atomic E-state index is 0.143. The molecule has 0 fully saturated rings. The molecule has 0 spiro atoms. The van der Waals surface area contributed by atoms with Crippen LogP contribution in [0.2, 0.25) is 0 Å². The number of ether oxygens (including phenoxy) is 1. The topological polar surface area (TPSA) is 38.3 Å². The molecule has 0 aliphatic carbocycles. The number of carbonyl (C=O) groups excluding carboxylic acids is 1. The maximum absolute atomic E-state index is 12.8. The molecule has 0 amide bonds. The smallest absolute Gasteiger partial charge is 0.416 e. The Bertz CT molecular complexity index is 458. The van der Waals surface area contributed by atoms with Gasteiger partial charge in [0.15, 0.2) is 0 Å². The van der Waals surface area contributed by atoms with Crippen molar-refractivity contribution in [3.05, 3.63) is 29.3 Å². The predicted octanol–water partition coefficient (Wildman–Crippen LogP) is 3.38. The number of hydrogen-bond acceptors (Lipinski definition) is 3. The van der Waals surface area contributed by atoms with Gasteiger partial charge in [-0.25, -0.2) is 4.79 Å². The molecule has 106 valence electrons. The maximum Gasteiger partial charge on any atom is 0.416 e. The summed E-state index contributed by atoms with van der Waals surface area (Å²) in [7, 11) is 1.24. The molecule has 1 rings (SSSR count). The van der Waals surface area contributed by atoms with E-state index in [0.717, 1.165) is 6.07 Å². The van der Waals surface area contributed by atoms with Crippen LogP contribution in [0.1, 0.15) is 24.5 Å². The van der Waals surface area contributed by atoms with Crippen LogP contribution in [-0.4, -0.2) is 19.1 Å². The second-order valence-corrected chi connectivity index (χ2v) is 4.16. The lowest BCUT2D eigenvalue weighted by molar-refractivity contribution is -0.141. The van der Waals surface area contributed by atoms with E-state index < -0.39 is 23.8 Å². The molecule has 0 aromatic heterocycles. The van der Waals surface area contributed by atoms with Gasteiger partial charge in [0.1, 0.15) is 6.04 Å². The Labute approximate surface area is 109 Å². The zero-order valence-electron chi connectivity index (χ0n) is 11.0. The number of carbonyl (C=O) groups is 1. The average molecular weight is 275 g/mol. The molecule has 1 N–H and O–H groups in total. The van der Waals surface area contributed by atoms with Crippen LogP contribution in [0, 0.1) is 6.92 Å². The minimum atomic E-state index is -4.41. The molecule has 0 aliphatic heterocycles. The van der Waals surface area contributed by atoms with Gasteiger partial charge in [-0.1, -0.05) is 13.0 Å². The van der Waals surface area contributed by atoms with Crippen LogP contribution in [0.3, 0.4) is 0 Å². The van der Waals surface area contributed by atoms with Crippen molar-refractivity contribution in [2.75, 3.05) is 12.4 Å². The molecule has 0 saturated heterocycles. The fraction of sp³-hybridized carbons (Fsp3) is 0.462. The van der Waals surface area contributed by atoms with Gasteiger partial charge in [0, 0.05) is 5.69 Å². The van der Waals surface area contributed by atoms with E-state index in [1.165, 1.54) is 26.2 Å². The van der Waals surface area contributed by atoms with Gasteiger partial charge in [0.05, 0.1) is 12.7 Å². The third-order valence-corrected chi connectivity index (χ3v) is 2.78. The zero-order chi connectivity index (χ0) is 14.6. The van der Waals surface area contributed by atoms with E-state index in [-0.39, 0.29) is 11.3 Å². The fourth-order valence-corrected chi connectivity index (χ4v) is 1.69. The van der Waals surface area contributed by atoms with Crippen molar-refractivity contribution in [2.24, 2.45) is 0 Å². The summed E-state index contributed by atoms with van der Waals surface area (Å²) < 4.78 is 42.8. The minimum Gasteiger partial charge on any atom is -0.467 e. The Morgan fingerprint density at radius 3 is 2.53 bits per heavy atom. The van der Waals surface area contributed by atoms with Crippen molar-refractivity contribution < 1.29 is 22.7 Å². The van der Waals surface area contributed by atoms with Gasteiger partial charge < -0.3 is 10.1 Å². The Morgan fingerprint density at radius 2 is 2.05 bits per heavy atom. The SMILES string of the molecule is CCC(Nc1ccc(C)c(C(F)(F)F)c1)C(=O)OC. The standard InChI is InChI=1S/C13H16F3NO2/c1-4-11(12(18)19-3)17-9-6-5-8(2)10(7-9)13(14,15)16/h5-7,11,17H,4H2,1-3H3. The molecule has 6 heteroatoms. The second kappa shape index (κ2) is 5.95. The van der Waals surface area contributed by atoms with E-state index in [2.05, 4.69) is 10.1 Å². The summed E-state index contributed by atoms with van der Waals surface area (Å²) in [6.45, 7) is 3.14. The maximum atomic E-state index is 12.8. The van der Waals surface area contributed by atoms with E-state index in [1.807, 2.05) is 0 Å². The number of halogens is 3. The molecule has 1 aromatic rings. The highest BCUT2D eigenvalue weighted by Crippen LogP contribution is 2.33. The quantitative estimate of drug-likeness (QED) is 0.856. The highest BCUT2D eigenvalue weighted by Gasteiger charge is 2.32. The van der Waals surface area contributed by atoms with E-state index in [0.29, 0.717) is 6.42 Å². The van der Waals surface area contributed by atoms with Crippen molar-refractivity contribution in [3.63, 3.8) is 0 Å². The number of methoxy groups -OCH3 is 1. The first-order chi connectivity index (χ1) is 8.79. The van der Waals surface area contributed by atoms with E-state index in [9.17, 15) is 18.0 Å². The van der Waals surface area contributed by atoms with Crippen LogP contribution in [0.4, 0.5) is 18.9 Å². The van der Waals surface area contributed by atoms with Gasteiger partial charge in [0.2, 0.25) is 0 Å². The largest absolute Gasteiger partial charge is 0.467 e. The first kappa shape index (κ1) is 15.3. The predicted molar refractivity (Wildman–Crippen MR) is 65.9 cm³/mol. The van der Waals surface area contributed by atoms with Crippen molar-refractivity contribution in [2.45, 2.75) is 32.5 Å². The van der Waals surface area contributed by atoms with Crippen LogP contribution in [0.25, 0.3) is 0 Å². The van der Waals surface area contributed by atoms with Crippen molar-refractivity contribution in [1.82, 2.24) is 0 Å². The average Bonchev–Trinajstić information content (AvgIpc) is 2.35. The third kappa shape index (κ3) is 3.87. The molecular formula is C13H16F3NO2. The van der Waals surface area contributed by atoms with E-state index in [1.54, 1.807) is 6.92 Å². The molecule has 0 heterocycles. The summed E-state index contributed by atoms with van der Waals surface area (Å²) in [5, 5.41) is 2.74. The molecular weight excluding hydrogens is 259 g/mol. The van der Waals surface area contributed by atoms with Crippen LogP contribution >= 0.6 is 0 Å². The lowest BCUT2D eigenvalue weighted by atomic mass is 10.1. The van der Waals surface area contributed by atoms with Crippen LogP contribution < -0.4 is 5.32 Å². The van der Waals surface area contributed by atoms with Gasteiger partial charge >= 0.3 is 12.1 Å². The van der Waals surface area contributed by atoms with E-state index >= 15 is 0 Å². The molecule has 19 heavy (non-hydrogen) atoms. The Hall–Kier alpha value is -1.72. The summed E-state index contributed by atoms with van der Waals surface area (Å²) in [4.78, 5) is 11.4. The number of alkyl halides is 3. The van der Waals surface area contributed by atoms with Crippen LogP contribution in [0.15, 0.2) is 18.2 Å². The summed E-state index contributed by atoms with van der Waals surface area (Å²) in [5.74, 6) is -0.503. The summed E-state index contributed by atoms with van der Waals surface area (Å²) in [6.07, 6.45) is -3.99. The molecule has 1 unspecified atom stereocenters. The molecule has 3 nitrogen and oxygen atoms in total. The molecule has 0 radical (unpaired) electrons. The molecule has 0 saturated carbocycles. The molecule has 1 atom stereocenters. The van der Waals surface area contributed by atoms with Crippen LogP contribution in [0.5, 0.6) is 0 Å². The number of benzene rings is 1. The van der Waals surface area contributed by atoms with Gasteiger partial charge in [-0.05, 0) is 31.0 Å². The first-order valence-corrected chi connectivity index (χ1v) is 5.81. The van der Waals surface area contributed by atoms with Gasteiger partial charge in [0.25, 0.3) is 0 Å². The Kier molecular flexibility index (Phi) is 4.80. The van der Waals surface area contributed by atoms with Gasteiger partial charge in [-0.3, -0.25) is 0 Å². The lowest BCUT2D eigenvalue weighted by Gasteiger charge is -2.18. The molecule has 1 aromatic carbocycles. The Morgan fingerprint density at radius 1 is 1.42 bits per heavy atom. The fourth-order valence-electron chi connectivity index (χ4n) is 1.69. The summed E-state index contributed by atoms with van der Waals surface area (Å²) in [5.41, 5.74) is -0.323. The summed E-state index contributed by atoms with van der Waals surface area (Å²) >= 11 is 0. The van der Waals surface area contributed by atoms with Crippen molar-refractivity contribution in [3.8, 4) is 0 Å². The number of nitrogens with one attached hydrogen (secondary N) is 1. The van der Waals surface area contributed by atoms with Crippen LogP contribution in [-0.2, 0) is 15.7 Å². The Balaban J connectivity index is 3.00. The monoisotopic (exact) mass is 275 g/mol. The number of anilines is 1. The van der Waals surface area contributed by atoms with Gasteiger partial charge in [-0.15, -0.1) is 0 Å². The number of aryl methyl sites for hydroxylation is 1. The highest BCUT2D eigenvalue weighted by atomic mass is 19.4. The number of esters is 1. The molecule has 0 aliphatic rings.